The first kappa shape index (κ1) is 17.3. The molecule has 3 aromatic rings. The third-order valence-electron chi connectivity index (χ3n) is 4.97. The van der Waals surface area contributed by atoms with E-state index in [4.69, 9.17) is 0 Å². The van der Waals surface area contributed by atoms with Gasteiger partial charge < -0.3 is 16.0 Å². The van der Waals surface area contributed by atoms with Crippen LogP contribution in [0.15, 0.2) is 84.9 Å². The van der Waals surface area contributed by atoms with E-state index >= 15 is 0 Å². The highest BCUT2D eigenvalue weighted by molar-refractivity contribution is 5.94. The van der Waals surface area contributed by atoms with Crippen LogP contribution in [0.2, 0.25) is 0 Å². The monoisotopic (exact) mass is 357 g/mol. The first-order valence-electron chi connectivity index (χ1n) is 9.28. The molecule has 0 radical (unpaired) electrons. The van der Waals surface area contributed by atoms with Crippen LogP contribution in [0.1, 0.15) is 11.5 Å². The van der Waals surface area contributed by atoms with Crippen LogP contribution in [-0.2, 0) is 4.79 Å². The minimum absolute atomic E-state index is 0.0608. The predicted octanol–water partition coefficient (Wildman–Crippen LogP) is 4.37. The Morgan fingerprint density at radius 3 is 2.22 bits per heavy atom. The SMILES string of the molecule is O=C(Nc1cccc(Nc2ccccc2)c1)C1CNCC1c1ccccc1. The van der Waals surface area contributed by atoms with Crippen molar-refractivity contribution in [2.45, 2.75) is 5.92 Å². The lowest BCUT2D eigenvalue weighted by Crippen LogP contribution is -2.28. The van der Waals surface area contributed by atoms with Crippen molar-refractivity contribution in [1.29, 1.82) is 0 Å². The van der Waals surface area contributed by atoms with Gasteiger partial charge in [-0.2, -0.15) is 0 Å². The smallest absolute Gasteiger partial charge is 0.229 e. The van der Waals surface area contributed by atoms with Gasteiger partial charge in [-0.25, -0.2) is 0 Å². The van der Waals surface area contributed by atoms with Crippen LogP contribution in [0.5, 0.6) is 0 Å². The highest BCUT2D eigenvalue weighted by Gasteiger charge is 2.33. The van der Waals surface area contributed by atoms with Crippen molar-refractivity contribution in [3.8, 4) is 0 Å². The number of para-hydroxylation sites is 1. The molecule has 4 heteroatoms. The summed E-state index contributed by atoms with van der Waals surface area (Å²) in [5.41, 5.74) is 3.98. The summed E-state index contributed by atoms with van der Waals surface area (Å²) in [5.74, 6) is 0.195. The highest BCUT2D eigenvalue weighted by Crippen LogP contribution is 2.29. The number of hydrogen-bond donors (Lipinski definition) is 3. The molecule has 1 aliphatic heterocycles. The molecule has 136 valence electrons. The average molecular weight is 357 g/mol. The van der Waals surface area contributed by atoms with Gasteiger partial charge in [0.1, 0.15) is 0 Å². The van der Waals surface area contributed by atoms with Gasteiger partial charge in [0.25, 0.3) is 0 Å². The molecule has 2 unspecified atom stereocenters. The van der Waals surface area contributed by atoms with E-state index in [9.17, 15) is 4.79 Å². The third-order valence-corrected chi connectivity index (χ3v) is 4.97. The fourth-order valence-corrected chi connectivity index (χ4v) is 3.60. The first-order valence-corrected chi connectivity index (χ1v) is 9.28. The summed E-state index contributed by atoms with van der Waals surface area (Å²) >= 11 is 0. The van der Waals surface area contributed by atoms with Crippen molar-refractivity contribution in [1.82, 2.24) is 5.32 Å². The Balaban J connectivity index is 1.45. The van der Waals surface area contributed by atoms with Crippen molar-refractivity contribution in [3.63, 3.8) is 0 Å². The van der Waals surface area contributed by atoms with E-state index in [1.807, 2.05) is 72.8 Å². The Hall–Kier alpha value is -3.11. The molecule has 1 fully saturated rings. The van der Waals surface area contributed by atoms with Gasteiger partial charge in [0.05, 0.1) is 5.92 Å². The summed E-state index contributed by atoms with van der Waals surface area (Å²) < 4.78 is 0. The van der Waals surface area contributed by atoms with Crippen molar-refractivity contribution < 1.29 is 4.79 Å². The second kappa shape index (κ2) is 8.06. The predicted molar refractivity (Wildman–Crippen MR) is 110 cm³/mol. The van der Waals surface area contributed by atoms with Gasteiger partial charge in [0.15, 0.2) is 0 Å². The largest absolute Gasteiger partial charge is 0.355 e. The van der Waals surface area contributed by atoms with Crippen LogP contribution in [0.3, 0.4) is 0 Å². The van der Waals surface area contributed by atoms with E-state index < -0.39 is 0 Å². The number of nitrogens with one attached hydrogen (secondary N) is 3. The van der Waals surface area contributed by atoms with Crippen LogP contribution in [0, 0.1) is 5.92 Å². The molecule has 27 heavy (non-hydrogen) atoms. The summed E-state index contributed by atoms with van der Waals surface area (Å²) in [6.45, 7) is 1.53. The molecule has 4 nitrogen and oxygen atoms in total. The number of amides is 1. The van der Waals surface area contributed by atoms with E-state index in [-0.39, 0.29) is 17.7 Å². The standard InChI is InChI=1S/C23H23N3O/c27-23(22-16-24-15-21(22)17-8-3-1-4-9-17)26-20-13-7-12-19(14-20)25-18-10-5-2-6-11-18/h1-14,21-22,24-25H,15-16H2,(H,26,27). The number of benzene rings is 3. The molecule has 0 aromatic heterocycles. The Morgan fingerprint density at radius 1 is 0.778 bits per heavy atom. The lowest BCUT2D eigenvalue weighted by Gasteiger charge is -2.19. The third kappa shape index (κ3) is 4.18. The zero-order valence-corrected chi connectivity index (χ0v) is 15.1. The molecule has 1 heterocycles. The molecule has 0 spiro atoms. The zero-order valence-electron chi connectivity index (χ0n) is 15.1. The van der Waals surface area contributed by atoms with Crippen LogP contribution in [0.4, 0.5) is 17.1 Å². The number of carbonyl (C=O) groups is 1. The van der Waals surface area contributed by atoms with E-state index in [1.54, 1.807) is 0 Å². The summed E-state index contributed by atoms with van der Waals surface area (Å²) in [4.78, 5) is 12.9. The number of carbonyl (C=O) groups excluding carboxylic acids is 1. The molecule has 1 saturated heterocycles. The number of hydrogen-bond acceptors (Lipinski definition) is 3. The van der Waals surface area contributed by atoms with E-state index in [0.29, 0.717) is 6.54 Å². The van der Waals surface area contributed by atoms with Crippen LogP contribution < -0.4 is 16.0 Å². The summed E-state index contributed by atoms with van der Waals surface area (Å²) in [7, 11) is 0. The zero-order chi connectivity index (χ0) is 18.5. The van der Waals surface area contributed by atoms with Crippen molar-refractivity contribution in [2.24, 2.45) is 5.92 Å². The Bertz CT molecular complexity index is 896. The van der Waals surface area contributed by atoms with Gasteiger partial charge in [0.2, 0.25) is 5.91 Å². The summed E-state index contributed by atoms with van der Waals surface area (Å²) in [6.07, 6.45) is 0. The molecule has 4 rings (SSSR count). The molecule has 3 N–H and O–H groups in total. The number of anilines is 3. The molecular weight excluding hydrogens is 334 g/mol. The fraction of sp³-hybridized carbons (Fsp3) is 0.174. The quantitative estimate of drug-likeness (QED) is 0.635. The van der Waals surface area contributed by atoms with Crippen LogP contribution in [0.25, 0.3) is 0 Å². The Morgan fingerprint density at radius 2 is 1.44 bits per heavy atom. The normalized spacial score (nSPS) is 18.8. The summed E-state index contributed by atoms with van der Waals surface area (Å²) in [6, 6.07) is 28.1. The van der Waals surface area contributed by atoms with E-state index in [0.717, 1.165) is 23.6 Å². The molecule has 0 saturated carbocycles. The maximum atomic E-state index is 12.9. The first-order chi connectivity index (χ1) is 13.3. The maximum Gasteiger partial charge on any atom is 0.229 e. The lowest BCUT2D eigenvalue weighted by atomic mass is 9.88. The van der Waals surface area contributed by atoms with Crippen LogP contribution >= 0.6 is 0 Å². The Kier molecular flexibility index (Phi) is 5.17. The fourth-order valence-electron chi connectivity index (χ4n) is 3.60. The summed E-state index contributed by atoms with van der Waals surface area (Å²) in [5, 5.41) is 9.81. The number of rotatable bonds is 5. The van der Waals surface area contributed by atoms with Gasteiger partial charge in [-0.15, -0.1) is 0 Å². The molecule has 1 amide bonds. The second-order valence-corrected chi connectivity index (χ2v) is 6.84. The lowest BCUT2D eigenvalue weighted by molar-refractivity contribution is -0.119. The van der Waals surface area contributed by atoms with Crippen molar-refractivity contribution >= 4 is 23.0 Å². The van der Waals surface area contributed by atoms with Gasteiger partial charge in [-0.1, -0.05) is 54.6 Å². The van der Waals surface area contributed by atoms with Gasteiger partial charge in [-0.3, -0.25) is 4.79 Å². The molecule has 0 aliphatic carbocycles. The minimum Gasteiger partial charge on any atom is -0.355 e. The second-order valence-electron chi connectivity index (χ2n) is 6.84. The van der Waals surface area contributed by atoms with Gasteiger partial charge in [-0.05, 0) is 35.9 Å². The molecule has 1 aliphatic rings. The topological polar surface area (TPSA) is 53.2 Å². The van der Waals surface area contributed by atoms with Crippen molar-refractivity contribution in [3.05, 3.63) is 90.5 Å². The Labute approximate surface area is 159 Å². The highest BCUT2D eigenvalue weighted by atomic mass is 16.1. The average Bonchev–Trinajstić information content (AvgIpc) is 3.20. The van der Waals surface area contributed by atoms with Gasteiger partial charge >= 0.3 is 0 Å². The van der Waals surface area contributed by atoms with Crippen LogP contribution in [-0.4, -0.2) is 19.0 Å². The molecule has 0 bridgehead atoms. The van der Waals surface area contributed by atoms with Gasteiger partial charge in [0, 0.05) is 36.1 Å². The maximum absolute atomic E-state index is 12.9. The molecular formula is C23H23N3O. The van der Waals surface area contributed by atoms with E-state index in [1.165, 1.54) is 5.56 Å². The molecule has 3 aromatic carbocycles. The van der Waals surface area contributed by atoms with E-state index in [2.05, 4.69) is 28.1 Å². The van der Waals surface area contributed by atoms with Crippen molar-refractivity contribution in [2.75, 3.05) is 23.7 Å². The minimum atomic E-state index is -0.0712. The molecule has 2 atom stereocenters.